The number of carbonyl (C=O) groups excluding carboxylic acids is 3. The first-order chi connectivity index (χ1) is 43.2. The molecule has 0 saturated heterocycles. The number of phosphoric ester groups is 2. The third-order valence-corrected chi connectivity index (χ3v) is 15.5. The first-order valence-corrected chi connectivity index (χ1v) is 36.8. The third-order valence-electron chi connectivity index (χ3n) is 13.6. The second kappa shape index (κ2) is 64.1. The fourth-order valence-corrected chi connectivity index (χ4v) is 10.0. The summed E-state index contributed by atoms with van der Waals surface area (Å²) in [6.45, 7) is 2.41. The minimum atomic E-state index is -4.93. The average Bonchev–Trinajstić information content (AvgIpc) is 3.54. The van der Waals surface area contributed by atoms with E-state index in [1.807, 2.05) is 0 Å². The smallest absolute Gasteiger partial charge is 0.463 e. The predicted octanol–water partition coefficient (Wildman–Crippen LogP) is 18.6. The lowest BCUT2D eigenvalue weighted by atomic mass is 10.1. The van der Waals surface area contributed by atoms with Crippen molar-refractivity contribution in [3.63, 3.8) is 0 Å². The second-order valence-corrected chi connectivity index (χ2v) is 25.1. The molecule has 0 heterocycles. The van der Waals surface area contributed by atoms with E-state index in [9.17, 15) is 43.5 Å². The van der Waals surface area contributed by atoms with Gasteiger partial charge in [-0.15, -0.1) is 0 Å². The molecule has 0 rings (SSSR count). The summed E-state index contributed by atoms with van der Waals surface area (Å²) in [5, 5.41) is 20.5. The van der Waals surface area contributed by atoms with Crippen LogP contribution in [-0.4, -0.2) is 95.9 Å². The number of carbonyl (C=O) groups is 3. The van der Waals surface area contributed by atoms with Crippen LogP contribution in [0.15, 0.2) is 122 Å². The zero-order chi connectivity index (χ0) is 65.3. The highest BCUT2D eigenvalue weighted by Gasteiger charge is 2.29. The summed E-state index contributed by atoms with van der Waals surface area (Å²) in [6, 6.07) is 0. The van der Waals surface area contributed by atoms with Crippen LogP contribution >= 0.6 is 15.6 Å². The number of rotatable bonds is 63. The van der Waals surface area contributed by atoms with E-state index < -0.39 is 91.5 Å². The molecule has 0 spiro atoms. The molecule has 0 fully saturated rings. The Labute approximate surface area is 538 Å². The van der Waals surface area contributed by atoms with E-state index in [1.54, 1.807) is 0 Å². The van der Waals surface area contributed by atoms with Crippen LogP contribution in [0.4, 0.5) is 0 Å². The minimum Gasteiger partial charge on any atom is -0.463 e. The molecule has 5 atom stereocenters. The Morgan fingerprint density at radius 3 is 0.989 bits per heavy atom. The maximum Gasteiger partial charge on any atom is 0.472 e. The topological polar surface area (TPSA) is 231 Å². The SMILES string of the molecule is CC/C=C\C/C=C\C/C=C\C/C=C\C/C=C\C/C=C\CCCCCCC(=O)OCC(O)COP(=O)(O)OCC(O)COP(=O)(O)OCC(COC(=O)CCCCCCCC/C=C\C/C=C\C/C=C\CCCCC)OC(=O)CCCCCCC/C=C\CCCC. The molecule has 0 aliphatic carbocycles. The molecule has 5 unspecified atom stereocenters. The van der Waals surface area contributed by atoms with Crippen molar-refractivity contribution in [1.29, 1.82) is 0 Å². The molecule has 0 bridgehead atoms. The molecule has 0 aromatic carbocycles. The summed E-state index contributed by atoms with van der Waals surface area (Å²) in [6.07, 6.45) is 72.6. The van der Waals surface area contributed by atoms with Gasteiger partial charge >= 0.3 is 33.6 Å². The molecule has 0 aliphatic heterocycles. The van der Waals surface area contributed by atoms with Crippen molar-refractivity contribution in [2.75, 3.05) is 39.6 Å². The van der Waals surface area contributed by atoms with E-state index in [4.69, 9.17) is 32.3 Å². The highest BCUT2D eigenvalue weighted by molar-refractivity contribution is 7.47. The third kappa shape index (κ3) is 65.3. The minimum absolute atomic E-state index is 0.0881. The van der Waals surface area contributed by atoms with Gasteiger partial charge in [-0.1, -0.05) is 226 Å². The first-order valence-electron chi connectivity index (χ1n) is 33.8. The standard InChI is InChI=1S/C71H120O16P2/c1-4-7-10-13-16-19-22-24-26-28-30-31-32-33-35-37-38-40-43-45-48-51-54-57-69(74)81-60-66(72)61-83-88(77,78)84-62-67(73)63-85-89(79,80)86-65-68(87-71(76)59-56-53-50-47-42-21-18-15-12-9-6-3)64-82-70(75)58-55-52-49-46-44-41-39-36-34-29-27-25-23-20-17-14-11-8-5-2/h7,10,15-20,24-27,30-31,33-36,38,40,66-68,72-73H,4-6,8-9,11-14,21-23,28-29,32,37,39,41-65H2,1-3H3,(H,77,78)(H,79,80)/b10-7-,18-15-,19-16-,20-17-,26-24-,27-25-,31-30-,35-33-,36-34-,40-38-. The van der Waals surface area contributed by atoms with Crippen molar-refractivity contribution in [2.24, 2.45) is 0 Å². The van der Waals surface area contributed by atoms with E-state index in [2.05, 4.69) is 142 Å². The van der Waals surface area contributed by atoms with Crippen molar-refractivity contribution in [1.82, 2.24) is 0 Å². The van der Waals surface area contributed by atoms with Crippen LogP contribution in [0.25, 0.3) is 0 Å². The van der Waals surface area contributed by atoms with Gasteiger partial charge in [0, 0.05) is 19.3 Å². The fraction of sp³-hybridized carbons (Fsp3) is 0.676. The summed E-state index contributed by atoms with van der Waals surface area (Å²) in [5.74, 6) is -1.63. The van der Waals surface area contributed by atoms with Crippen LogP contribution in [-0.2, 0) is 55.8 Å². The fourth-order valence-electron chi connectivity index (χ4n) is 8.44. The van der Waals surface area contributed by atoms with E-state index in [-0.39, 0.29) is 19.3 Å². The molecule has 0 aliphatic rings. The average molecular weight is 1290 g/mol. The van der Waals surface area contributed by atoms with Crippen LogP contribution in [0.3, 0.4) is 0 Å². The summed E-state index contributed by atoms with van der Waals surface area (Å²) in [5.41, 5.74) is 0. The first kappa shape index (κ1) is 85.0. The lowest BCUT2D eigenvalue weighted by molar-refractivity contribution is -0.161. The molecule has 18 heteroatoms. The summed E-state index contributed by atoms with van der Waals surface area (Å²) in [7, 11) is -9.79. The second-order valence-electron chi connectivity index (χ2n) is 22.2. The molecule has 0 amide bonds. The number of phosphoric acid groups is 2. The van der Waals surface area contributed by atoms with Gasteiger partial charge in [-0.25, -0.2) is 9.13 Å². The Morgan fingerprint density at radius 2 is 0.607 bits per heavy atom. The largest absolute Gasteiger partial charge is 0.472 e. The van der Waals surface area contributed by atoms with Gasteiger partial charge < -0.3 is 34.2 Å². The van der Waals surface area contributed by atoms with E-state index in [0.29, 0.717) is 19.3 Å². The summed E-state index contributed by atoms with van der Waals surface area (Å²) < 4.78 is 60.8. The van der Waals surface area contributed by atoms with Gasteiger partial charge in [-0.3, -0.25) is 32.5 Å². The number of unbranched alkanes of at least 4 members (excludes halogenated alkanes) is 20. The zero-order valence-corrected chi connectivity index (χ0v) is 56.8. The van der Waals surface area contributed by atoms with Crippen LogP contribution < -0.4 is 0 Å². The Balaban J connectivity index is 4.61. The van der Waals surface area contributed by atoms with Gasteiger partial charge in [0.1, 0.15) is 25.4 Å². The van der Waals surface area contributed by atoms with Gasteiger partial charge in [0.25, 0.3) is 0 Å². The van der Waals surface area contributed by atoms with Gasteiger partial charge in [0.2, 0.25) is 0 Å². The van der Waals surface area contributed by atoms with E-state index in [0.717, 1.165) is 161 Å². The highest BCUT2D eigenvalue weighted by Crippen LogP contribution is 2.45. The van der Waals surface area contributed by atoms with E-state index in [1.165, 1.54) is 32.1 Å². The monoisotopic (exact) mass is 1290 g/mol. The summed E-state index contributed by atoms with van der Waals surface area (Å²) in [4.78, 5) is 58.3. The Hall–Kier alpha value is -4.05. The Bertz CT molecular complexity index is 2110. The zero-order valence-electron chi connectivity index (χ0n) is 55.1. The van der Waals surface area contributed by atoms with Crippen LogP contribution in [0, 0.1) is 0 Å². The number of allylic oxidation sites excluding steroid dienone is 20. The van der Waals surface area contributed by atoms with Gasteiger partial charge in [0.15, 0.2) is 6.10 Å². The molecule has 89 heavy (non-hydrogen) atoms. The van der Waals surface area contributed by atoms with E-state index >= 15 is 0 Å². The lowest BCUT2D eigenvalue weighted by Crippen LogP contribution is -2.30. The number of hydrogen-bond acceptors (Lipinski definition) is 14. The molecule has 4 N–H and O–H groups in total. The molecule has 16 nitrogen and oxygen atoms in total. The molecule has 0 saturated carbocycles. The maximum absolute atomic E-state index is 12.9. The molecule has 0 aromatic rings. The molecule has 510 valence electrons. The van der Waals surface area contributed by atoms with Crippen molar-refractivity contribution < 1.29 is 75.8 Å². The Kier molecular flexibility index (Phi) is 61.2. The molecular formula is C71H120O16P2. The summed E-state index contributed by atoms with van der Waals surface area (Å²) >= 11 is 0. The maximum atomic E-state index is 12.9. The van der Waals surface area contributed by atoms with Crippen LogP contribution in [0.1, 0.15) is 252 Å². The quantitative estimate of drug-likeness (QED) is 0.0146. The molecule has 0 aromatic heterocycles. The van der Waals surface area contributed by atoms with Gasteiger partial charge in [0.05, 0.1) is 26.4 Å². The van der Waals surface area contributed by atoms with Crippen LogP contribution in [0.2, 0.25) is 0 Å². The van der Waals surface area contributed by atoms with Gasteiger partial charge in [-0.2, -0.15) is 0 Å². The van der Waals surface area contributed by atoms with Crippen molar-refractivity contribution >= 4 is 33.6 Å². The van der Waals surface area contributed by atoms with Gasteiger partial charge in [-0.05, 0) is 128 Å². The number of esters is 3. The Morgan fingerprint density at radius 1 is 0.326 bits per heavy atom. The molecular weight excluding hydrogens is 1170 g/mol. The number of hydrogen-bond donors (Lipinski definition) is 4. The van der Waals surface area contributed by atoms with Crippen molar-refractivity contribution in [3.8, 4) is 0 Å². The highest BCUT2D eigenvalue weighted by atomic mass is 31.2. The normalized spacial score (nSPS) is 15.0. The lowest BCUT2D eigenvalue weighted by Gasteiger charge is -2.21. The van der Waals surface area contributed by atoms with Crippen molar-refractivity contribution in [2.45, 2.75) is 270 Å². The number of ether oxygens (including phenoxy) is 3. The molecule has 0 radical (unpaired) electrons. The predicted molar refractivity (Wildman–Crippen MR) is 362 cm³/mol. The van der Waals surface area contributed by atoms with Crippen LogP contribution in [0.5, 0.6) is 0 Å². The number of aliphatic hydroxyl groups excluding tert-OH is 2. The number of aliphatic hydroxyl groups is 2. The van der Waals surface area contributed by atoms with Crippen molar-refractivity contribution in [3.05, 3.63) is 122 Å².